The highest BCUT2D eigenvalue weighted by molar-refractivity contribution is 6.16. The zero-order chi connectivity index (χ0) is 33.8. The van der Waals surface area contributed by atoms with E-state index >= 15 is 0 Å². The van der Waals surface area contributed by atoms with Crippen molar-refractivity contribution in [2.75, 3.05) is 19.0 Å². The second kappa shape index (κ2) is 20.9. The molecule has 1 atom stereocenters. The maximum atomic E-state index is 13.9. The highest BCUT2D eigenvalue weighted by Gasteiger charge is 2.32. The molecule has 0 aliphatic heterocycles. The molecule has 1 amide bonds. The van der Waals surface area contributed by atoms with Crippen LogP contribution in [0.1, 0.15) is 126 Å². The van der Waals surface area contributed by atoms with Gasteiger partial charge in [0.1, 0.15) is 17.0 Å². The first-order valence-electron chi connectivity index (χ1n) is 18.1. The number of fused-ring (bicyclic) bond motifs is 1. The van der Waals surface area contributed by atoms with Crippen LogP contribution in [0.4, 0.5) is 5.69 Å². The predicted molar refractivity (Wildman–Crippen MR) is 194 cm³/mol. The van der Waals surface area contributed by atoms with Crippen LogP contribution >= 0.6 is 0 Å². The third-order valence-corrected chi connectivity index (χ3v) is 8.89. The number of carbonyl (C=O) groups excluding carboxylic acids is 2. The van der Waals surface area contributed by atoms with Crippen LogP contribution in [0.5, 0.6) is 11.5 Å². The summed E-state index contributed by atoms with van der Waals surface area (Å²) in [5.41, 5.74) is 2.03. The summed E-state index contributed by atoms with van der Waals surface area (Å²) in [7, 11) is 1.53. The fraction of sp³-hybridized carbons (Fsp3) is 0.500. The minimum absolute atomic E-state index is 0.379. The van der Waals surface area contributed by atoms with Gasteiger partial charge in [-0.2, -0.15) is 0 Å². The summed E-state index contributed by atoms with van der Waals surface area (Å²) in [4.78, 5) is 27.6. The van der Waals surface area contributed by atoms with E-state index in [1.54, 1.807) is 54.6 Å². The van der Waals surface area contributed by atoms with Crippen molar-refractivity contribution in [2.24, 2.45) is 0 Å². The number of nitrogens with one attached hydrogen (secondary N) is 1. The first-order chi connectivity index (χ1) is 23.6. The van der Waals surface area contributed by atoms with Crippen molar-refractivity contribution in [1.29, 1.82) is 0 Å². The van der Waals surface area contributed by atoms with E-state index < -0.39 is 17.7 Å². The van der Waals surface area contributed by atoms with Crippen LogP contribution in [0, 0.1) is 0 Å². The number of hydrogen-bond donors (Lipinski definition) is 1. The van der Waals surface area contributed by atoms with Gasteiger partial charge in [0.15, 0.2) is 11.8 Å². The van der Waals surface area contributed by atoms with Gasteiger partial charge in [-0.15, -0.1) is 5.10 Å². The number of para-hydroxylation sites is 3. The molecular formula is C40H54N4O4. The molecule has 0 aliphatic carbocycles. The number of Topliss-reactive ketones (excluding diaryl/α,β-unsaturated/α-hetero) is 1. The van der Waals surface area contributed by atoms with E-state index in [9.17, 15) is 9.59 Å². The summed E-state index contributed by atoms with van der Waals surface area (Å²) in [5.74, 6) is 0.256. The van der Waals surface area contributed by atoms with E-state index in [-0.39, 0.29) is 0 Å². The van der Waals surface area contributed by atoms with Gasteiger partial charge in [0.2, 0.25) is 0 Å². The fourth-order valence-corrected chi connectivity index (χ4v) is 6.08. The summed E-state index contributed by atoms with van der Waals surface area (Å²) in [6.45, 7) is 2.92. The van der Waals surface area contributed by atoms with Gasteiger partial charge in [-0.3, -0.25) is 9.59 Å². The minimum Gasteiger partial charge on any atom is -0.495 e. The number of benzene rings is 3. The number of hydrogen-bond acceptors (Lipinski definition) is 6. The Bertz CT molecular complexity index is 1520. The van der Waals surface area contributed by atoms with E-state index in [4.69, 9.17) is 9.47 Å². The van der Waals surface area contributed by atoms with Gasteiger partial charge in [0.25, 0.3) is 5.91 Å². The molecule has 48 heavy (non-hydrogen) atoms. The lowest BCUT2D eigenvalue weighted by Gasteiger charge is -2.18. The van der Waals surface area contributed by atoms with E-state index in [0.29, 0.717) is 40.4 Å². The van der Waals surface area contributed by atoms with Crippen molar-refractivity contribution >= 4 is 28.4 Å². The molecule has 0 saturated heterocycles. The molecule has 1 N–H and O–H groups in total. The smallest absolute Gasteiger partial charge is 0.257 e. The molecule has 4 aromatic rings. The summed E-state index contributed by atoms with van der Waals surface area (Å²) in [6.07, 6.45) is 21.4. The van der Waals surface area contributed by atoms with Crippen molar-refractivity contribution in [3.05, 3.63) is 78.4 Å². The molecular weight excluding hydrogens is 600 g/mol. The zero-order valence-electron chi connectivity index (χ0n) is 29.0. The molecule has 3 aromatic carbocycles. The number of rotatable bonds is 24. The number of aromatic nitrogens is 3. The molecule has 0 radical (unpaired) electrons. The molecule has 1 heterocycles. The Balaban J connectivity index is 1.19. The van der Waals surface area contributed by atoms with Gasteiger partial charge in [-0.05, 0) is 55.0 Å². The second-order valence-electron chi connectivity index (χ2n) is 12.7. The highest BCUT2D eigenvalue weighted by atomic mass is 16.5. The van der Waals surface area contributed by atoms with Crippen LogP contribution in [-0.4, -0.2) is 40.4 Å². The molecule has 258 valence electrons. The Kier molecular flexibility index (Phi) is 16.0. The summed E-state index contributed by atoms with van der Waals surface area (Å²) < 4.78 is 12.7. The topological polar surface area (TPSA) is 95.3 Å². The Labute approximate surface area is 286 Å². The highest BCUT2D eigenvalue weighted by Crippen LogP contribution is 2.27. The van der Waals surface area contributed by atoms with Crippen LogP contribution in [0.3, 0.4) is 0 Å². The number of anilines is 1. The molecule has 8 heteroatoms. The average Bonchev–Trinajstić information content (AvgIpc) is 3.53. The SMILES string of the molecule is CCCCCCCCCCCCCCCCCCOc1ccc(C(=O)C(C(=O)Nc2ccccc2OC)n2nnc3ccccc32)cc1. The van der Waals surface area contributed by atoms with Crippen molar-refractivity contribution in [3.8, 4) is 11.5 Å². The lowest BCUT2D eigenvalue weighted by molar-refractivity contribution is -0.118. The molecule has 1 unspecified atom stereocenters. The van der Waals surface area contributed by atoms with Crippen molar-refractivity contribution in [2.45, 2.75) is 116 Å². The van der Waals surface area contributed by atoms with Crippen molar-refractivity contribution < 1.29 is 19.1 Å². The van der Waals surface area contributed by atoms with Gasteiger partial charge < -0.3 is 14.8 Å². The van der Waals surface area contributed by atoms with Crippen LogP contribution in [0.15, 0.2) is 72.8 Å². The van der Waals surface area contributed by atoms with Gasteiger partial charge in [0, 0.05) is 5.56 Å². The van der Waals surface area contributed by atoms with E-state index in [1.807, 2.05) is 18.2 Å². The number of ether oxygens (including phenoxy) is 2. The van der Waals surface area contributed by atoms with E-state index in [2.05, 4.69) is 22.6 Å². The van der Waals surface area contributed by atoms with Crippen molar-refractivity contribution in [3.63, 3.8) is 0 Å². The number of carbonyl (C=O) groups is 2. The first kappa shape index (κ1) is 36.6. The monoisotopic (exact) mass is 654 g/mol. The van der Waals surface area contributed by atoms with Crippen molar-refractivity contribution in [1.82, 2.24) is 15.0 Å². The van der Waals surface area contributed by atoms with E-state index in [0.717, 1.165) is 12.8 Å². The molecule has 0 aliphatic rings. The number of nitrogens with zero attached hydrogens (tertiary/aromatic N) is 3. The lowest BCUT2D eigenvalue weighted by Crippen LogP contribution is -2.33. The molecule has 4 rings (SSSR count). The van der Waals surface area contributed by atoms with Gasteiger partial charge in [0.05, 0.1) is 24.9 Å². The Morgan fingerprint density at radius 3 is 1.90 bits per heavy atom. The standard InChI is InChI=1S/C40H54N4O4/c1-3-4-5-6-7-8-9-10-11-12-13-14-15-16-17-22-31-48-33-29-27-32(28-30-33)39(45)38(44-36-25-20-18-23-34(36)42-43-44)40(46)41-35-24-19-21-26-37(35)47-2/h18-21,23-30,38H,3-17,22,31H2,1-2H3,(H,41,46). The zero-order valence-corrected chi connectivity index (χ0v) is 29.0. The number of amides is 1. The molecule has 1 aromatic heterocycles. The Morgan fingerprint density at radius 2 is 1.27 bits per heavy atom. The maximum Gasteiger partial charge on any atom is 0.257 e. The third-order valence-electron chi connectivity index (χ3n) is 8.89. The van der Waals surface area contributed by atoms with Crippen LogP contribution in [0.2, 0.25) is 0 Å². The summed E-state index contributed by atoms with van der Waals surface area (Å²) in [5, 5.41) is 11.2. The van der Waals surface area contributed by atoms with Crippen LogP contribution in [-0.2, 0) is 4.79 Å². The number of methoxy groups -OCH3 is 1. The van der Waals surface area contributed by atoms with Gasteiger partial charge in [-0.25, -0.2) is 4.68 Å². The predicted octanol–water partition coefficient (Wildman–Crippen LogP) is 10.1. The molecule has 0 bridgehead atoms. The van der Waals surface area contributed by atoms with Crippen LogP contribution in [0.25, 0.3) is 11.0 Å². The van der Waals surface area contributed by atoms with E-state index in [1.165, 1.54) is 102 Å². The Morgan fingerprint density at radius 1 is 0.708 bits per heavy atom. The molecule has 0 spiro atoms. The number of unbranched alkanes of at least 4 members (excludes halogenated alkanes) is 15. The lowest BCUT2D eigenvalue weighted by atomic mass is 10.0. The summed E-state index contributed by atoms with van der Waals surface area (Å²) >= 11 is 0. The largest absolute Gasteiger partial charge is 0.495 e. The Hall–Kier alpha value is -4.20. The van der Waals surface area contributed by atoms with Crippen LogP contribution < -0.4 is 14.8 Å². The number of ketones is 1. The van der Waals surface area contributed by atoms with Gasteiger partial charge in [-0.1, -0.05) is 133 Å². The summed E-state index contributed by atoms with van der Waals surface area (Å²) in [6, 6.07) is 20.0. The maximum absolute atomic E-state index is 13.9. The second-order valence-corrected chi connectivity index (χ2v) is 12.7. The quantitative estimate of drug-likeness (QED) is 0.0459. The molecule has 8 nitrogen and oxygen atoms in total. The molecule has 0 saturated carbocycles. The minimum atomic E-state index is -1.28. The normalized spacial score (nSPS) is 11.8. The fourth-order valence-electron chi connectivity index (χ4n) is 6.08. The third kappa shape index (κ3) is 11.5. The first-order valence-corrected chi connectivity index (χ1v) is 18.1. The van der Waals surface area contributed by atoms with Gasteiger partial charge >= 0.3 is 0 Å². The average molecular weight is 655 g/mol. The molecule has 0 fully saturated rings.